The minimum absolute atomic E-state index is 0. The molecule has 17 heteroatoms. The van der Waals surface area contributed by atoms with Crippen LogP contribution in [0.25, 0.3) is 0 Å². The summed E-state index contributed by atoms with van der Waals surface area (Å²) in [5, 5.41) is 9.10. The molecule has 0 rings (SSSR count). The molecule has 0 saturated heterocycles. The van der Waals surface area contributed by atoms with Gasteiger partial charge in [0, 0.05) is 12.8 Å². The number of carboxylic acid groups (broad SMARTS) is 1. The van der Waals surface area contributed by atoms with Crippen LogP contribution in [-0.4, -0.2) is 117 Å². The molecule has 1 unspecified atom stereocenters. The molecular weight excluding hydrogens is 1000 g/mol. The van der Waals surface area contributed by atoms with E-state index in [9.17, 15) is 14.4 Å². The SMILES string of the molecule is CCCCCCCCC=CCCCCCCC(CCC)C(=O)O.CCCCCCCCC=CCCCCCCCC(=O)OC(=O)CCCCCCCCCCCCCCCCC.O=S(=O)(O)O.O=S(=O)(O)O.[NaH].[NaH]. The van der Waals surface area contributed by atoms with Gasteiger partial charge in [-0.15, -0.1) is 0 Å². The molecule has 0 aliphatic carbocycles. The van der Waals surface area contributed by atoms with E-state index in [1.165, 1.54) is 218 Å². The van der Waals surface area contributed by atoms with Gasteiger partial charge >= 0.3 is 97.8 Å². The van der Waals surface area contributed by atoms with Crippen LogP contribution in [0.5, 0.6) is 0 Å². The van der Waals surface area contributed by atoms with E-state index in [4.69, 9.17) is 44.9 Å². The second-order valence-corrected chi connectivity index (χ2v) is 21.4. The van der Waals surface area contributed by atoms with Crippen molar-refractivity contribution in [3.63, 3.8) is 0 Å². The zero-order valence-corrected chi connectivity index (χ0v) is 48.2. The van der Waals surface area contributed by atoms with Crippen LogP contribution in [0.1, 0.15) is 317 Å². The summed E-state index contributed by atoms with van der Waals surface area (Å²) in [5.74, 6) is -1.39. The summed E-state index contributed by atoms with van der Waals surface area (Å²) in [6.45, 7) is 8.87. The van der Waals surface area contributed by atoms with Gasteiger partial charge in [-0.05, 0) is 77.0 Å². The molecule has 434 valence electrons. The number of esters is 2. The Morgan fingerprint density at radius 1 is 0.351 bits per heavy atom. The third kappa shape index (κ3) is 97.4. The number of ether oxygens (including phenoxy) is 1. The third-order valence-electron chi connectivity index (χ3n) is 12.4. The number of aliphatic carboxylic acids is 1. The number of carbonyl (C=O) groups is 3. The molecule has 0 saturated carbocycles. The van der Waals surface area contributed by atoms with Crippen LogP contribution in [0.4, 0.5) is 0 Å². The van der Waals surface area contributed by atoms with Crippen LogP contribution < -0.4 is 0 Å². The number of carboxylic acids is 1. The first-order valence-electron chi connectivity index (χ1n) is 29.1. The Morgan fingerprint density at radius 2 is 0.568 bits per heavy atom. The van der Waals surface area contributed by atoms with Gasteiger partial charge in [0.15, 0.2) is 0 Å². The number of unbranched alkanes of at least 4 members (excludes halogenated alkanes) is 35. The first-order chi connectivity index (χ1) is 34.4. The van der Waals surface area contributed by atoms with E-state index in [1.807, 2.05) is 0 Å². The monoisotopic (exact) mass is 1120 g/mol. The van der Waals surface area contributed by atoms with Gasteiger partial charge < -0.3 is 9.84 Å². The molecule has 0 spiro atoms. The van der Waals surface area contributed by atoms with Gasteiger partial charge in [0.25, 0.3) is 0 Å². The fraction of sp³-hybridized carbons (Fsp3) is 0.877. The molecule has 0 aromatic carbocycles. The van der Waals surface area contributed by atoms with Crippen molar-refractivity contribution in [3.05, 3.63) is 24.3 Å². The Hall–Kier alpha value is -0.170. The standard InChI is InChI=1S/C36H68O3.C21H40O2.2Na.2H2O4S.2H/c1-3-5-7-9-11-13-15-17-19-21-23-25-27-29-31-33-35(37)39-36(38)34-32-30-28-26-24-22-20-18-16-14-12-10-8-6-4-2;1-3-5-6-7-8-9-10-11-12-13-14-15-16-17-19-20(18-4-2)21(22)23;;;2*1-5(2,3)4;;/h17,19H,3-16,18,20-34H2,1-2H3;11-12,20H,3-10,13-19H2,1-2H3,(H,22,23);;;2*(H2,1,2,3,4);;. The molecule has 13 nitrogen and oxygen atoms in total. The molecule has 0 fully saturated rings. The van der Waals surface area contributed by atoms with Gasteiger partial charge in [-0.2, -0.15) is 16.8 Å². The maximum absolute atomic E-state index is 11.9. The molecule has 74 heavy (non-hydrogen) atoms. The summed E-state index contributed by atoms with van der Waals surface area (Å²) in [7, 11) is -9.33. The molecule has 5 N–H and O–H groups in total. The number of hydrogen-bond acceptors (Lipinski definition) is 8. The molecule has 0 bridgehead atoms. The Labute approximate surface area is 499 Å². The Balaban J connectivity index is -0.000000278. The summed E-state index contributed by atoms with van der Waals surface area (Å²) in [5.41, 5.74) is 0. The molecule has 0 aliphatic rings. The van der Waals surface area contributed by atoms with Gasteiger partial charge in [0.2, 0.25) is 0 Å². The van der Waals surface area contributed by atoms with Crippen molar-refractivity contribution in [2.45, 2.75) is 317 Å². The van der Waals surface area contributed by atoms with Crippen LogP contribution in [0.15, 0.2) is 24.3 Å². The quantitative estimate of drug-likeness (QED) is 0.00955. The van der Waals surface area contributed by atoms with Crippen molar-refractivity contribution in [1.29, 1.82) is 0 Å². The average molecular weight is 1120 g/mol. The second kappa shape index (κ2) is 68.9. The Kier molecular flexibility index (Phi) is 79.3. The zero-order chi connectivity index (χ0) is 54.7. The van der Waals surface area contributed by atoms with Crippen molar-refractivity contribution in [2.24, 2.45) is 5.92 Å². The van der Waals surface area contributed by atoms with Crippen LogP contribution in [0, 0.1) is 5.92 Å². The predicted octanol–water partition coefficient (Wildman–Crippen LogP) is 16.9. The molecular formula is C57H114Na2O13S2. The molecule has 0 aromatic heterocycles. The van der Waals surface area contributed by atoms with Crippen molar-refractivity contribution in [1.82, 2.24) is 0 Å². The van der Waals surface area contributed by atoms with E-state index in [0.717, 1.165) is 57.8 Å². The van der Waals surface area contributed by atoms with Gasteiger partial charge in [-0.1, -0.05) is 251 Å². The van der Waals surface area contributed by atoms with Gasteiger partial charge in [-0.3, -0.25) is 32.6 Å². The van der Waals surface area contributed by atoms with Crippen LogP contribution in [0.3, 0.4) is 0 Å². The summed E-state index contributed by atoms with van der Waals surface area (Å²) < 4.78 is 68.2. The first-order valence-corrected chi connectivity index (χ1v) is 31.9. The summed E-state index contributed by atoms with van der Waals surface area (Å²) in [6, 6.07) is 0. The fourth-order valence-corrected chi connectivity index (χ4v) is 8.23. The maximum atomic E-state index is 11.9. The zero-order valence-electron chi connectivity index (χ0n) is 46.5. The van der Waals surface area contributed by atoms with E-state index in [0.29, 0.717) is 12.8 Å². The van der Waals surface area contributed by atoms with E-state index >= 15 is 0 Å². The summed E-state index contributed by atoms with van der Waals surface area (Å²) in [4.78, 5) is 34.8. The van der Waals surface area contributed by atoms with E-state index < -0.39 is 26.8 Å². The fourth-order valence-electron chi connectivity index (χ4n) is 8.23. The van der Waals surface area contributed by atoms with E-state index in [2.05, 4.69) is 52.0 Å². The van der Waals surface area contributed by atoms with Crippen molar-refractivity contribution < 1.29 is 59.3 Å². The van der Waals surface area contributed by atoms with Crippen LogP contribution in [0.2, 0.25) is 0 Å². The Bertz CT molecular complexity index is 1400. The Morgan fingerprint density at radius 3 is 0.797 bits per heavy atom. The average Bonchev–Trinajstić information content (AvgIpc) is 3.30. The topological polar surface area (TPSA) is 230 Å². The normalized spacial score (nSPS) is 11.6. The number of carbonyl (C=O) groups excluding carboxylic acids is 2. The van der Waals surface area contributed by atoms with Gasteiger partial charge in [-0.25, -0.2) is 0 Å². The third-order valence-corrected chi connectivity index (χ3v) is 12.4. The van der Waals surface area contributed by atoms with Gasteiger partial charge in [0.1, 0.15) is 0 Å². The van der Waals surface area contributed by atoms with Crippen molar-refractivity contribution in [2.75, 3.05) is 0 Å². The number of hydrogen-bond donors (Lipinski definition) is 5. The molecule has 0 heterocycles. The van der Waals surface area contributed by atoms with Crippen molar-refractivity contribution in [3.8, 4) is 0 Å². The summed E-state index contributed by atoms with van der Waals surface area (Å²) in [6.07, 6.45) is 63.9. The molecule has 0 amide bonds. The van der Waals surface area contributed by atoms with Gasteiger partial charge in [0.05, 0.1) is 5.92 Å². The molecule has 1 atom stereocenters. The van der Waals surface area contributed by atoms with Crippen LogP contribution >= 0.6 is 0 Å². The van der Waals surface area contributed by atoms with Crippen molar-refractivity contribution >= 4 is 97.8 Å². The van der Waals surface area contributed by atoms with E-state index in [-0.39, 0.29) is 77.0 Å². The predicted molar refractivity (Wildman–Crippen MR) is 314 cm³/mol. The molecule has 0 aromatic rings. The first kappa shape index (κ1) is 85.1. The number of rotatable bonds is 48. The minimum atomic E-state index is -4.67. The summed E-state index contributed by atoms with van der Waals surface area (Å²) >= 11 is 0. The second-order valence-electron chi connectivity index (χ2n) is 19.6. The molecule has 0 radical (unpaired) electrons. The van der Waals surface area contributed by atoms with E-state index in [1.54, 1.807) is 0 Å². The number of allylic oxidation sites excluding steroid dienone is 4. The van der Waals surface area contributed by atoms with Crippen LogP contribution in [-0.2, 0) is 39.9 Å². The molecule has 0 aliphatic heterocycles.